The SMILES string of the molecule is Cc1ccc2c(OC(=O)C(C)C)cc(C)c(OC(=O)C(C)C)c2c1. The van der Waals surface area contributed by atoms with Crippen LogP contribution in [-0.4, -0.2) is 11.9 Å². The molecule has 0 saturated heterocycles. The minimum atomic E-state index is -0.289. The smallest absolute Gasteiger partial charge is 0.313 e. The van der Waals surface area contributed by atoms with E-state index in [0.717, 1.165) is 21.9 Å². The highest BCUT2D eigenvalue weighted by Gasteiger charge is 2.19. The molecule has 0 aliphatic carbocycles. The molecule has 4 heteroatoms. The topological polar surface area (TPSA) is 52.6 Å². The Kier molecular flexibility index (Phi) is 5.27. The second-order valence-corrected chi connectivity index (χ2v) is 6.72. The Labute approximate surface area is 142 Å². The van der Waals surface area contributed by atoms with Crippen LogP contribution in [-0.2, 0) is 9.59 Å². The van der Waals surface area contributed by atoms with Gasteiger partial charge in [-0.1, -0.05) is 45.4 Å². The molecule has 128 valence electrons. The first-order chi connectivity index (χ1) is 11.2. The summed E-state index contributed by atoms with van der Waals surface area (Å²) in [5.41, 5.74) is 1.80. The fourth-order valence-electron chi connectivity index (χ4n) is 2.28. The predicted molar refractivity (Wildman–Crippen MR) is 94.4 cm³/mol. The first kappa shape index (κ1) is 18.0. The van der Waals surface area contributed by atoms with Crippen molar-refractivity contribution in [1.82, 2.24) is 0 Å². The van der Waals surface area contributed by atoms with E-state index in [-0.39, 0.29) is 23.8 Å². The Morgan fingerprint density at radius 2 is 1.42 bits per heavy atom. The quantitative estimate of drug-likeness (QED) is 0.609. The number of aryl methyl sites for hydroxylation is 2. The van der Waals surface area contributed by atoms with Gasteiger partial charge in [-0.25, -0.2) is 0 Å². The molecule has 0 spiro atoms. The van der Waals surface area contributed by atoms with Gasteiger partial charge >= 0.3 is 11.9 Å². The van der Waals surface area contributed by atoms with Gasteiger partial charge in [0.25, 0.3) is 0 Å². The van der Waals surface area contributed by atoms with Gasteiger partial charge in [0.15, 0.2) is 0 Å². The average molecular weight is 328 g/mol. The van der Waals surface area contributed by atoms with Crippen molar-refractivity contribution in [1.29, 1.82) is 0 Å². The third kappa shape index (κ3) is 3.75. The van der Waals surface area contributed by atoms with Crippen LogP contribution < -0.4 is 9.47 Å². The third-order valence-corrected chi connectivity index (χ3v) is 3.75. The summed E-state index contributed by atoms with van der Waals surface area (Å²) in [4.78, 5) is 24.0. The zero-order valence-electron chi connectivity index (χ0n) is 15.1. The van der Waals surface area contributed by atoms with E-state index in [0.29, 0.717) is 11.5 Å². The van der Waals surface area contributed by atoms with Gasteiger partial charge < -0.3 is 9.47 Å². The van der Waals surface area contributed by atoms with Crippen molar-refractivity contribution in [3.63, 3.8) is 0 Å². The maximum absolute atomic E-state index is 12.0. The summed E-state index contributed by atoms with van der Waals surface area (Å²) in [6, 6.07) is 7.52. The number of rotatable bonds is 4. The summed E-state index contributed by atoms with van der Waals surface area (Å²) in [5, 5.41) is 1.53. The molecule has 0 N–H and O–H groups in total. The van der Waals surface area contributed by atoms with Gasteiger partial charge in [-0.05, 0) is 31.5 Å². The van der Waals surface area contributed by atoms with Crippen molar-refractivity contribution in [2.24, 2.45) is 11.8 Å². The third-order valence-electron chi connectivity index (χ3n) is 3.75. The van der Waals surface area contributed by atoms with Crippen molar-refractivity contribution in [2.75, 3.05) is 0 Å². The Balaban J connectivity index is 2.60. The van der Waals surface area contributed by atoms with Crippen LogP contribution in [0.1, 0.15) is 38.8 Å². The standard InChI is InChI=1S/C20H24O4/c1-11(2)19(21)23-17-10-14(6)18(24-20(22)12(3)4)16-9-13(5)7-8-15(16)17/h7-12H,1-6H3. The molecule has 0 fully saturated rings. The second kappa shape index (κ2) is 7.04. The Hall–Kier alpha value is -2.36. The minimum absolute atomic E-state index is 0.218. The molecule has 4 nitrogen and oxygen atoms in total. The number of esters is 2. The molecule has 0 atom stereocenters. The summed E-state index contributed by atoms with van der Waals surface area (Å²) < 4.78 is 11.1. The van der Waals surface area contributed by atoms with E-state index in [9.17, 15) is 9.59 Å². The van der Waals surface area contributed by atoms with Gasteiger partial charge in [-0.3, -0.25) is 9.59 Å². The lowest BCUT2D eigenvalue weighted by Crippen LogP contribution is -2.17. The molecule has 2 aromatic rings. The number of fused-ring (bicyclic) bond motifs is 1. The summed E-state index contributed by atoms with van der Waals surface area (Å²) in [6.07, 6.45) is 0. The first-order valence-electron chi connectivity index (χ1n) is 8.18. The summed E-state index contributed by atoms with van der Waals surface area (Å²) in [7, 11) is 0. The van der Waals surface area contributed by atoms with Crippen LogP contribution in [0.5, 0.6) is 11.5 Å². The number of hydrogen-bond donors (Lipinski definition) is 0. The average Bonchev–Trinajstić information content (AvgIpc) is 2.50. The van der Waals surface area contributed by atoms with Crippen molar-refractivity contribution >= 4 is 22.7 Å². The van der Waals surface area contributed by atoms with Crippen molar-refractivity contribution in [3.05, 3.63) is 35.4 Å². The Morgan fingerprint density at radius 1 is 0.833 bits per heavy atom. The van der Waals surface area contributed by atoms with E-state index in [1.165, 1.54) is 0 Å². The van der Waals surface area contributed by atoms with E-state index >= 15 is 0 Å². The highest BCUT2D eigenvalue weighted by molar-refractivity contribution is 5.97. The van der Waals surface area contributed by atoms with Crippen LogP contribution >= 0.6 is 0 Å². The Bertz CT molecular complexity index is 788. The summed E-state index contributed by atoms with van der Waals surface area (Å²) >= 11 is 0. The molecule has 0 unspecified atom stereocenters. The number of hydrogen-bond acceptors (Lipinski definition) is 4. The first-order valence-corrected chi connectivity index (χ1v) is 8.18. The van der Waals surface area contributed by atoms with Crippen molar-refractivity contribution < 1.29 is 19.1 Å². The number of carbonyl (C=O) groups is 2. The molecular formula is C20H24O4. The van der Waals surface area contributed by atoms with Crippen LogP contribution in [0.25, 0.3) is 10.8 Å². The van der Waals surface area contributed by atoms with Crippen LogP contribution in [0.4, 0.5) is 0 Å². The fraction of sp³-hybridized carbons (Fsp3) is 0.400. The molecule has 0 saturated carbocycles. The van der Waals surface area contributed by atoms with Crippen LogP contribution in [0.3, 0.4) is 0 Å². The lowest BCUT2D eigenvalue weighted by molar-refractivity contribution is -0.138. The van der Waals surface area contributed by atoms with E-state index in [2.05, 4.69) is 0 Å². The maximum Gasteiger partial charge on any atom is 0.313 e. The molecule has 2 aromatic carbocycles. The number of benzene rings is 2. The van der Waals surface area contributed by atoms with Gasteiger partial charge in [0.05, 0.1) is 11.8 Å². The van der Waals surface area contributed by atoms with E-state index in [1.54, 1.807) is 33.8 Å². The molecule has 0 bridgehead atoms. The molecule has 2 rings (SSSR count). The molecule has 0 aliphatic rings. The Morgan fingerprint density at radius 3 is 2.00 bits per heavy atom. The highest BCUT2D eigenvalue weighted by Crippen LogP contribution is 2.37. The monoisotopic (exact) mass is 328 g/mol. The molecule has 0 radical (unpaired) electrons. The van der Waals surface area contributed by atoms with Crippen LogP contribution in [0.15, 0.2) is 24.3 Å². The zero-order chi connectivity index (χ0) is 18.0. The molecule has 0 aromatic heterocycles. The second-order valence-electron chi connectivity index (χ2n) is 6.72. The normalized spacial score (nSPS) is 11.2. The molecule has 0 aliphatic heterocycles. The minimum Gasteiger partial charge on any atom is -0.426 e. The summed E-state index contributed by atoms with van der Waals surface area (Å²) in [5.74, 6) is 0.00489. The highest BCUT2D eigenvalue weighted by atomic mass is 16.5. The van der Waals surface area contributed by atoms with E-state index in [1.807, 2.05) is 32.0 Å². The number of ether oxygens (including phenoxy) is 2. The van der Waals surface area contributed by atoms with Gasteiger partial charge in [0, 0.05) is 10.8 Å². The van der Waals surface area contributed by atoms with Crippen molar-refractivity contribution in [2.45, 2.75) is 41.5 Å². The fourth-order valence-corrected chi connectivity index (χ4v) is 2.28. The summed E-state index contributed by atoms with van der Waals surface area (Å²) in [6.45, 7) is 11.0. The number of carbonyl (C=O) groups excluding carboxylic acids is 2. The van der Waals surface area contributed by atoms with Crippen molar-refractivity contribution in [3.8, 4) is 11.5 Å². The van der Waals surface area contributed by atoms with Gasteiger partial charge in [0.2, 0.25) is 0 Å². The van der Waals surface area contributed by atoms with Gasteiger partial charge in [-0.2, -0.15) is 0 Å². The predicted octanol–water partition coefficient (Wildman–Crippen LogP) is 4.58. The van der Waals surface area contributed by atoms with Crippen LogP contribution in [0, 0.1) is 25.7 Å². The van der Waals surface area contributed by atoms with Crippen LogP contribution in [0.2, 0.25) is 0 Å². The van der Waals surface area contributed by atoms with Gasteiger partial charge in [0.1, 0.15) is 11.5 Å². The van der Waals surface area contributed by atoms with E-state index < -0.39 is 0 Å². The van der Waals surface area contributed by atoms with Gasteiger partial charge in [-0.15, -0.1) is 0 Å². The largest absolute Gasteiger partial charge is 0.426 e. The molecule has 0 heterocycles. The maximum atomic E-state index is 12.0. The zero-order valence-corrected chi connectivity index (χ0v) is 15.1. The molecular weight excluding hydrogens is 304 g/mol. The lowest BCUT2D eigenvalue weighted by atomic mass is 10.0. The molecule has 0 amide bonds. The van der Waals surface area contributed by atoms with E-state index in [4.69, 9.17) is 9.47 Å². The molecule has 24 heavy (non-hydrogen) atoms. The lowest BCUT2D eigenvalue weighted by Gasteiger charge is -2.16.